The zero-order valence-corrected chi connectivity index (χ0v) is 14.3. The second-order valence-corrected chi connectivity index (χ2v) is 7.56. The van der Waals surface area contributed by atoms with Crippen LogP contribution in [0.25, 0.3) is 10.9 Å². The van der Waals surface area contributed by atoms with E-state index in [1.807, 2.05) is 25.4 Å². The molecule has 4 atom stereocenters. The number of carbonyl (C=O) groups excluding carboxylic acids is 1. The van der Waals surface area contributed by atoms with Gasteiger partial charge in [-0.15, -0.1) is 0 Å². The van der Waals surface area contributed by atoms with Crippen LogP contribution in [0.4, 0.5) is 0 Å². The van der Waals surface area contributed by atoms with E-state index < -0.39 is 0 Å². The largest absolute Gasteiger partial charge is 0.350 e. The second kappa shape index (κ2) is 5.40. The summed E-state index contributed by atoms with van der Waals surface area (Å²) in [5.74, 6) is 2.37. The minimum Gasteiger partial charge on any atom is -0.350 e. The number of fused-ring (bicyclic) bond motifs is 3. The van der Waals surface area contributed by atoms with Crippen LogP contribution in [0.15, 0.2) is 30.5 Å². The van der Waals surface area contributed by atoms with Gasteiger partial charge in [0, 0.05) is 36.7 Å². The Kier molecular flexibility index (Phi) is 3.47. The normalized spacial score (nSPS) is 30.1. The van der Waals surface area contributed by atoms with E-state index >= 15 is 0 Å². The molecule has 2 aromatic rings. The van der Waals surface area contributed by atoms with Gasteiger partial charge in [-0.3, -0.25) is 4.79 Å². The number of para-hydroxylation sites is 1. The molecule has 2 heterocycles. The molecule has 1 amide bonds. The van der Waals surface area contributed by atoms with E-state index in [1.54, 1.807) is 0 Å². The lowest BCUT2D eigenvalue weighted by atomic mass is 9.74. The number of hydrogen-bond donors (Lipinski definition) is 0. The highest BCUT2D eigenvalue weighted by Gasteiger charge is 2.46. The Balaban J connectivity index is 1.69. The van der Waals surface area contributed by atoms with Gasteiger partial charge in [0.15, 0.2) is 0 Å². The summed E-state index contributed by atoms with van der Waals surface area (Å²) in [5, 5.41) is 1.08. The summed E-state index contributed by atoms with van der Waals surface area (Å²) in [7, 11) is 2.03. The van der Waals surface area contributed by atoms with Crippen LogP contribution in [0.1, 0.15) is 43.5 Å². The van der Waals surface area contributed by atoms with E-state index in [9.17, 15) is 4.79 Å². The summed E-state index contributed by atoms with van der Waals surface area (Å²) >= 11 is 0. The summed E-state index contributed by atoms with van der Waals surface area (Å²) in [5.41, 5.74) is 2.01. The first kappa shape index (κ1) is 14.8. The molecule has 0 N–H and O–H groups in total. The van der Waals surface area contributed by atoms with Crippen LogP contribution in [0.3, 0.4) is 0 Å². The molecule has 3 nitrogen and oxygen atoms in total. The summed E-state index contributed by atoms with van der Waals surface area (Å²) in [4.78, 5) is 15.5. The summed E-state index contributed by atoms with van der Waals surface area (Å²) in [6, 6.07) is 8.66. The van der Waals surface area contributed by atoms with Gasteiger partial charge in [0.1, 0.15) is 0 Å². The van der Waals surface area contributed by atoms with Gasteiger partial charge >= 0.3 is 0 Å². The maximum Gasteiger partial charge on any atom is 0.256 e. The molecular weight excluding hydrogens is 284 g/mol. The molecular formula is C20H26N2O. The number of nitrogens with zero attached hydrogens (tertiary/aromatic N) is 2. The Morgan fingerprint density at radius 1 is 1.26 bits per heavy atom. The summed E-state index contributed by atoms with van der Waals surface area (Å²) in [6.45, 7) is 5.58. The molecule has 23 heavy (non-hydrogen) atoms. The van der Waals surface area contributed by atoms with Crippen molar-refractivity contribution in [3.8, 4) is 0 Å². The first-order valence-electron chi connectivity index (χ1n) is 8.95. The average molecular weight is 310 g/mol. The first-order valence-corrected chi connectivity index (χ1v) is 8.95. The number of hydrogen-bond acceptors (Lipinski definition) is 1. The fourth-order valence-electron chi connectivity index (χ4n) is 4.88. The standard InChI is InChI=1S/C20H26N2O/c1-4-14-9-15-11-22(19(10-14)13(15)2)20(23)17-12-21(3)18-8-6-5-7-16(17)18/h5-8,12-15,19H,4,9-11H2,1-3H3/t13?,14-,15+,19+/m1/s1. The van der Waals surface area contributed by atoms with Crippen molar-refractivity contribution in [1.82, 2.24) is 9.47 Å². The van der Waals surface area contributed by atoms with E-state index in [0.717, 1.165) is 28.9 Å². The molecule has 1 saturated heterocycles. The third-order valence-electron chi connectivity index (χ3n) is 6.36. The monoisotopic (exact) mass is 310 g/mol. The molecule has 1 aliphatic heterocycles. The lowest BCUT2D eigenvalue weighted by molar-refractivity contribution is 0.0700. The van der Waals surface area contributed by atoms with E-state index in [-0.39, 0.29) is 5.91 Å². The molecule has 0 spiro atoms. The molecule has 4 rings (SSSR count). The second-order valence-electron chi connectivity index (χ2n) is 7.56. The predicted molar refractivity (Wildman–Crippen MR) is 93.4 cm³/mol. The molecule has 2 fully saturated rings. The van der Waals surface area contributed by atoms with Crippen LogP contribution in [0, 0.1) is 17.8 Å². The molecule has 1 aromatic carbocycles. The van der Waals surface area contributed by atoms with Crippen LogP contribution in [0.2, 0.25) is 0 Å². The van der Waals surface area contributed by atoms with Gasteiger partial charge in [0.2, 0.25) is 0 Å². The predicted octanol–water partition coefficient (Wildman–Crippen LogP) is 4.08. The SMILES string of the molecule is CC[C@@H]1C[C@H]2CN(C(=O)c3cn(C)c4ccccc34)[C@@H](C1)C2C. The van der Waals surface area contributed by atoms with Gasteiger partial charge in [-0.2, -0.15) is 0 Å². The molecule has 1 aromatic heterocycles. The third kappa shape index (κ3) is 2.20. The van der Waals surface area contributed by atoms with Crippen molar-refractivity contribution in [3.63, 3.8) is 0 Å². The Morgan fingerprint density at radius 2 is 2.04 bits per heavy atom. The van der Waals surface area contributed by atoms with Crippen molar-refractivity contribution in [1.29, 1.82) is 0 Å². The Morgan fingerprint density at radius 3 is 2.83 bits per heavy atom. The van der Waals surface area contributed by atoms with Gasteiger partial charge in [-0.25, -0.2) is 0 Å². The molecule has 1 aliphatic carbocycles. The van der Waals surface area contributed by atoms with Crippen molar-refractivity contribution in [3.05, 3.63) is 36.0 Å². The smallest absolute Gasteiger partial charge is 0.256 e. The lowest BCUT2D eigenvalue weighted by Gasteiger charge is -2.33. The van der Waals surface area contributed by atoms with Gasteiger partial charge in [-0.05, 0) is 36.7 Å². The molecule has 2 bridgehead atoms. The fourth-order valence-corrected chi connectivity index (χ4v) is 4.88. The number of benzene rings is 1. The van der Waals surface area contributed by atoms with Gasteiger partial charge in [-0.1, -0.05) is 38.5 Å². The highest BCUT2D eigenvalue weighted by molar-refractivity contribution is 6.07. The van der Waals surface area contributed by atoms with Gasteiger partial charge in [0.25, 0.3) is 5.91 Å². The number of amides is 1. The molecule has 1 unspecified atom stereocenters. The molecule has 122 valence electrons. The topological polar surface area (TPSA) is 25.2 Å². The lowest BCUT2D eigenvalue weighted by Crippen LogP contribution is -2.39. The van der Waals surface area contributed by atoms with Crippen LogP contribution in [-0.4, -0.2) is 28.0 Å². The van der Waals surface area contributed by atoms with E-state index in [1.165, 1.54) is 19.3 Å². The Hall–Kier alpha value is -1.77. The Bertz CT molecular complexity index is 747. The van der Waals surface area contributed by atoms with Crippen molar-refractivity contribution in [2.24, 2.45) is 24.8 Å². The maximum atomic E-state index is 13.3. The zero-order chi connectivity index (χ0) is 16.1. The van der Waals surface area contributed by atoms with Crippen molar-refractivity contribution in [2.75, 3.05) is 6.54 Å². The third-order valence-corrected chi connectivity index (χ3v) is 6.36. The van der Waals surface area contributed by atoms with E-state index in [4.69, 9.17) is 0 Å². The van der Waals surface area contributed by atoms with Gasteiger partial charge in [0.05, 0.1) is 5.56 Å². The number of rotatable bonds is 2. The molecule has 1 saturated carbocycles. The molecule has 3 heteroatoms. The summed E-state index contributed by atoms with van der Waals surface area (Å²) in [6.07, 6.45) is 5.74. The average Bonchev–Trinajstić information content (AvgIpc) is 2.97. The van der Waals surface area contributed by atoms with Crippen LogP contribution in [0.5, 0.6) is 0 Å². The van der Waals surface area contributed by atoms with Crippen LogP contribution < -0.4 is 0 Å². The van der Waals surface area contributed by atoms with Gasteiger partial charge < -0.3 is 9.47 Å². The van der Waals surface area contributed by atoms with Crippen LogP contribution >= 0.6 is 0 Å². The fraction of sp³-hybridized carbons (Fsp3) is 0.550. The zero-order valence-electron chi connectivity index (χ0n) is 14.3. The minimum atomic E-state index is 0.234. The summed E-state index contributed by atoms with van der Waals surface area (Å²) < 4.78 is 2.07. The molecule has 0 radical (unpaired) electrons. The van der Waals surface area contributed by atoms with E-state index in [2.05, 4.69) is 35.4 Å². The quantitative estimate of drug-likeness (QED) is 0.820. The number of aryl methyl sites for hydroxylation is 1. The van der Waals surface area contributed by atoms with Crippen LogP contribution in [-0.2, 0) is 7.05 Å². The highest BCUT2D eigenvalue weighted by atomic mass is 16.2. The van der Waals surface area contributed by atoms with Crippen molar-refractivity contribution < 1.29 is 4.79 Å². The number of aromatic nitrogens is 1. The Labute approximate surface area is 138 Å². The van der Waals surface area contributed by atoms with Crippen molar-refractivity contribution >= 4 is 16.8 Å². The van der Waals surface area contributed by atoms with E-state index in [0.29, 0.717) is 17.9 Å². The number of likely N-dealkylation sites (tertiary alicyclic amines) is 1. The minimum absolute atomic E-state index is 0.234. The first-order chi connectivity index (χ1) is 11.1. The molecule has 2 aliphatic rings. The highest BCUT2D eigenvalue weighted by Crippen LogP contribution is 2.44. The number of carbonyl (C=O) groups is 1. The van der Waals surface area contributed by atoms with Crippen molar-refractivity contribution in [2.45, 2.75) is 39.2 Å². The maximum absolute atomic E-state index is 13.3.